The molecule has 0 aliphatic rings. The molecule has 3 nitrogen and oxygen atoms in total. The van der Waals surface area contributed by atoms with E-state index in [1.807, 2.05) is 38.1 Å². The molecule has 0 unspecified atom stereocenters. The summed E-state index contributed by atoms with van der Waals surface area (Å²) in [7, 11) is 0. The molecule has 0 amide bonds. The molecule has 0 spiro atoms. The average molecular weight is 189 g/mol. The van der Waals surface area contributed by atoms with Crippen LogP contribution in [0.4, 0.5) is 0 Å². The van der Waals surface area contributed by atoms with Crippen LogP contribution in [0.5, 0.6) is 11.8 Å². The first-order chi connectivity index (χ1) is 6.74. The minimum Gasteiger partial charge on any atom is -0.414 e. The van der Waals surface area contributed by atoms with Gasteiger partial charge in [-0.25, -0.2) is 0 Å². The van der Waals surface area contributed by atoms with Gasteiger partial charge in [-0.3, -0.25) is 0 Å². The zero-order chi connectivity index (χ0) is 9.97. The van der Waals surface area contributed by atoms with Crippen LogP contribution in [-0.2, 0) is 0 Å². The number of oxazole rings is 1. The maximum absolute atomic E-state index is 5.40. The van der Waals surface area contributed by atoms with Crippen molar-refractivity contribution < 1.29 is 9.15 Å². The largest absolute Gasteiger partial charge is 0.414 e. The van der Waals surface area contributed by atoms with Crippen molar-refractivity contribution in [3.8, 4) is 11.8 Å². The summed E-state index contributed by atoms with van der Waals surface area (Å²) in [5, 5.41) is 0. The first kappa shape index (κ1) is 8.81. The van der Waals surface area contributed by atoms with Gasteiger partial charge in [0.25, 0.3) is 0 Å². The number of aromatic nitrogens is 1. The summed E-state index contributed by atoms with van der Waals surface area (Å²) in [6.45, 7) is 3.84. The third kappa shape index (κ3) is 1.93. The van der Waals surface area contributed by atoms with Gasteiger partial charge in [-0.1, -0.05) is 12.1 Å². The standard InChI is InChI=1S/C11H11NO2/c1-8-4-3-5-10(6-8)14-11-12-7-9(2)13-11/h3-7H,1-2H3. The Bertz CT molecular complexity index is 434. The van der Waals surface area contributed by atoms with Crippen LogP contribution in [0.15, 0.2) is 34.9 Å². The number of aryl methyl sites for hydroxylation is 2. The predicted molar refractivity (Wildman–Crippen MR) is 52.5 cm³/mol. The van der Waals surface area contributed by atoms with E-state index in [1.165, 1.54) is 0 Å². The molecule has 72 valence electrons. The summed E-state index contributed by atoms with van der Waals surface area (Å²) in [6, 6.07) is 7.74. The lowest BCUT2D eigenvalue weighted by atomic mass is 10.2. The quantitative estimate of drug-likeness (QED) is 0.728. The second-order valence-corrected chi connectivity index (χ2v) is 3.16. The summed E-state index contributed by atoms with van der Waals surface area (Å²) >= 11 is 0. The Kier molecular flexibility index (Phi) is 2.23. The van der Waals surface area contributed by atoms with Crippen LogP contribution in [0.3, 0.4) is 0 Å². The summed E-state index contributed by atoms with van der Waals surface area (Å²) < 4.78 is 10.6. The van der Waals surface area contributed by atoms with Gasteiger partial charge in [0.1, 0.15) is 11.5 Å². The molecule has 0 aliphatic heterocycles. The normalized spacial score (nSPS) is 10.1. The number of benzene rings is 1. The smallest absolute Gasteiger partial charge is 0.399 e. The zero-order valence-electron chi connectivity index (χ0n) is 8.15. The van der Waals surface area contributed by atoms with Crippen LogP contribution >= 0.6 is 0 Å². The van der Waals surface area contributed by atoms with E-state index in [0.29, 0.717) is 0 Å². The molecule has 1 heterocycles. The Morgan fingerprint density at radius 2 is 2.14 bits per heavy atom. The van der Waals surface area contributed by atoms with Gasteiger partial charge in [0.15, 0.2) is 0 Å². The Hall–Kier alpha value is -1.77. The van der Waals surface area contributed by atoms with Crippen LogP contribution in [0.25, 0.3) is 0 Å². The molecule has 0 radical (unpaired) electrons. The fraction of sp³-hybridized carbons (Fsp3) is 0.182. The molecule has 0 fully saturated rings. The summed E-state index contributed by atoms with van der Waals surface area (Å²) in [6.07, 6.45) is 1.92. The zero-order valence-corrected chi connectivity index (χ0v) is 8.15. The first-order valence-corrected chi connectivity index (χ1v) is 4.41. The Morgan fingerprint density at radius 1 is 1.29 bits per heavy atom. The van der Waals surface area contributed by atoms with Gasteiger partial charge in [-0.05, 0) is 31.5 Å². The monoisotopic (exact) mass is 189 g/mol. The average Bonchev–Trinajstić information content (AvgIpc) is 2.51. The van der Waals surface area contributed by atoms with Crippen LogP contribution in [0.1, 0.15) is 11.3 Å². The summed E-state index contributed by atoms with van der Waals surface area (Å²) in [5.41, 5.74) is 1.14. The molecule has 2 rings (SSSR count). The third-order valence-corrected chi connectivity index (χ3v) is 1.79. The minimum atomic E-state index is 0.285. The number of hydrogen-bond donors (Lipinski definition) is 0. The molecule has 14 heavy (non-hydrogen) atoms. The Balaban J connectivity index is 2.18. The van der Waals surface area contributed by atoms with Crippen molar-refractivity contribution in [3.63, 3.8) is 0 Å². The van der Waals surface area contributed by atoms with Gasteiger partial charge >= 0.3 is 6.08 Å². The molecular weight excluding hydrogens is 178 g/mol. The second-order valence-electron chi connectivity index (χ2n) is 3.16. The second kappa shape index (κ2) is 3.54. The maximum atomic E-state index is 5.40. The minimum absolute atomic E-state index is 0.285. The van der Waals surface area contributed by atoms with Crippen LogP contribution in [0, 0.1) is 13.8 Å². The van der Waals surface area contributed by atoms with Gasteiger partial charge in [0.05, 0.1) is 6.20 Å². The lowest BCUT2D eigenvalue weighted by molar-refractivity contribution is 0.323. The highest BCUT2D eigenvalue weighted by Gasteiger charge is 2.02. The molecule has 0 N–H and O–H groups in total. The van der Waals surface area contributed by atoms with E-state index >= 15 is 0 Å². The molecule has 1 aromatic carbocycles. The first-order valence-electron chi connectivity index (χ1n) is 4.41. The molecule has 0 saturated carbocycles. The SMILES string of the molecule is Cc1cccc(Oc2ncc(C)o2)c1. The maximum Gasteiger partial charge on any atom is 0.399 e. The van der Waals surface area contributed by atoms with Gasteiger partial charge < -0.3 is 9.15 Å². The number of hydrogen-bond acceptors (Lipinski definition) is 3. The van der Waals surface area contributed by atoms with Crippen molar-refractivity contribution in [2.24, 2.45) is 0 Å². The van der Waals surface area contributed by atoms with Crippen molar-refractivity contribution in [1.29, 1.82) is 0 Å². The Morgan fingerprint density at radius 3 is 2.79 bits per heavy atom. The highest BCUT2D eigenvalue weighted by Crippen LogP contribution is 2.21. The van der Waals surface area contributed by atoms with E-state index in [-0.39, 0.29) is 6.08 Å². The van der Waals surface area contributed by atoms with E-state index in [4.69, 9.17) is 9.15 Å². The van der Waals surface area contributed by atoms with Crippen molar-refractivity contribution in [2.45, 2.75) is 13.8 Å². The Labute approximate surface area is 82.3 Å². The highest BCUT2D eigenvalue weighted by molar-refractivity contribution is 5.29. The van der Waals surface area contributed by atoms with E-state index in [9.17, 15) is 0 Å². The van der Waals surface area contributed by atoms with Crippen molar-refractivity contribution in [2.75, 3.05) is 0 Å². The fourth-order valence-electron chi connectivity index (χ4n) is 1.16. The number of nitrogens with zero attached hydrogens (tertiary/aromatic N) is 1. The fourth-order valence-corrected chi connectivity index (χ4v) is 1.16. The van der Waals surface area contributed by atoms with Gasteiger partial charge in [0.2, 0.25) is 0 Å². The molecular formula is C11H11NO2. The van der Waals surface area contributed by atoms with E-state index < -0.39 is 0 Å². The molecule has 0 saturated heterocycles. The molecule has 3 heteroatoms. The molecule has 0 bridgehead atoms. The van der Waals surface area contributed by atoms with E-state index in [0.717, 1.165) is 17.1 Å². The molecule has 0 aliphatic carbocycles. The molecule has 2 aromatic rings. The number of rotatable bonds is 2. The lowest BCUT2D eigenvalue weighted by Gasteiger charge is -2.00. The van der Waals surface area contributed by atoms with E-state index in [1.54, 1.807) is 6.20 Å². The summed E-state index contributed by atoms with van der Waals surface area (Å²) in [5.74, 6) is 1.49. The van der Waals surface area contributed by atoms with Crippen molar-refractivity contribution in [3.05, 3.63) is 41.8 Å². The topological polar surface area (TPSA) is 35.3 Å². The van der Waals surface area contributed by atoms with E-state index in [2.05, 4.69) is 4.98 Å². The third-order valence-electron chi connectivity index (χ3n) is 1.79. The van der Waals surface area contributed by atoms with Crippen LogP contribution < -0.4 is 4.74 Å². The molecule has 1 aromatic heterocycles. The van der Waals surface area contributed by atoms with Crippen LogP contribution in [0.2, 0.25) is 0 Å². The molecule has 0 atom stereocenters. The highest BCUT2D eigenvalue weighted by atomic mass is 16.6. The number of ether oxygens (including phenoxy) is 1. The van der Waals surface area contributed by atoms with Crippen molar-refractivity contribution >= 4 is 0 Å². The van der Waals surface area contributed by atoms with Gasteiger partial charge in [0, 0.05) is 0 Å². The van der Waals surface area contributed by atoms with Gasteiger partial charge in [-0.15, -0.1) is 0 Å². The van der Waals surface area contributed by atoms with Crippen molar-refractivity contribution in [1.82, 2.24) is 4.98 Å². The van der Waals surface area contributed by atoms with Gasteiger partial charge in [-0.2, -0.15) is 4.98 Å². The lowest BCUT2D eigenvalue weighted by Crippen LogP contribution is -1.83. The van der Waals surface area contributed by atoms with Crippen LogP contribution in [-0.4, -0.2) is 4.98 Å². The summed E-state index contributed by atoms with van der Waals surface area (Å²) in [4.78, 5) is 3.95. The predicted octanol–water partition coefficient (Wildman–Crippen LogP) is 3.08.